The fraction of sp³-hybridized carbons (Fsp3) is 0.632. The molecule has 1 aliphatic rings. The number of halogens is 2. The van der Waals surface area contributed by atoms with Gasteiger partial charge in [0, 0.05) is 32.8 Å². The molecule has 0 saturated heterocycles. The fourth-order valence-corrected chi connectivity index (χ4v) is 2.91. The highest BCUT2D eigenvalue weighted by molar-refractivity contribution is 14.0. The van der Waals surface area contributed by atoms with E-state index in [9.17, 15) is 0 Å². The Morgan fingerprint density at radius 1 is 1.19 bits per heavy atom. The first kappa shape index (κ1) is 24.1. The maximum atomic E-state index is 6.29. The van der Waals surface area contributed by atoms with Gasteiger partial charge in [0.25, 0.3) is 0 Å². The first-order chi connectivity index (χ1) is 12.7. The molecule has 0 atom stereocenters. The quantitative estimate of drug-likeness (QED) is 0.217. The highest BCUT2D eigenvalue weighted by Crippen LogP contribution is 2.38. The van der Waals surface area contributed by atoms with E-state index in [0.29, 0.717) is 24.0 Å². The Kier molecular flexibility index (Phi) is 12.6. The summed E-state index contributed by atoms with van der Waals surface area (Å²) in [4.78, 5) is 4.60. The van der Waals surface area contributed by atoms with Crippen LogP contribution in [0.1, 0.15) is 32.3 Å². The Morgan fingerprint density at radius 2 is 2.00 bits per heavy atom. The van der Waals surface area contributed by atoms with Crippen LogP contribution < -0.4 is 20.1 Å². The van der Waals surface area contributed by atoms with E-state index in [0.717, 1.165) is 69.4 Å². The largest absolute Gasteiger partial charge is 0.486 e. The second-order valence-electron chi connectivity index (χ2n) is 5.94. The average molecular weight is 512 g/mol. The third kappa shape index (κ3) is 8.74. The van der Waals surface area contributed by atoms with Gasteiger partial charge in [-0.25, -0.2) is 0 Å². The van der Waals surface area contributed by atoms with Crippen LogP contribution in [0.4, 0.5) is 0 Å². The van der Waals surface area contributed by atoms with E-state index in [1.165, 1.54) is 0 Å². The number of rotatable bonds is 10. The highest BCUT2D eigenvalue weighted by atomic mass is 127. The molecule has 0 saturated carbocycles. The number of hydrogen-bond donors (Lipinski definition) is 2. The Morgan fingerprint density at radius 3 is 2.78 bits per heavy atom. The van der Waals surface area contributed by atoms with Gasteiger partial charge in [-0.2, -0.15) is 0 Å². The number of nitrogens with one attached hydrogen (secondary N) is 2. The molecule has 154 valence electrons. The number of unbranched alkanes of at least 4 members (excludes halogenated alkanes) is 1. The monoisotopic (exact) mass is 511 g/mol. The third-order valence-electron chi connectivity index (χ3n) is 3.88. The van der Waals surface area contributed by atoms with Crippen LogP contribution in [-0.2, 0) is 11.2 Å². The second-order valence-corrected chi connectivity index (χ2v) is 6.35. The number of fused-ring (bicyclic) bond motifs is 1. The second kappa shape index (κ2) is 14.1. The molecule has 0 amide bonds. The maximum Gasteiger partial charge on any atom is 0.191 e. The van der Waals surface area contributed by atoms with Crippen LogP contribution in [0, 0.1) is 0 Å². The van der Waals surface area contributed by atoms with Crippen LogP contribution >= 0.6 is 35.6 Å². The Bertz CT molecular complexity index is 588. The van der Waals surface area contributed by atoms with Gasteiger partial charge in [0.05, 0.1) is 5.02 Å². The molecule has 8 heteroatoms. The molecule has 0 aromatic heterocycles. The van der Waals surface area contributed by atoms with Gasteiger partial charge in [-0.05, 0) is 50.8 Å². The minimum absolute atomic E-state index is 0. The van der Waals surface area contributed by atoms with E-state index >= 15 is 0 Å². The summed E-state index contributed by atoms with van der Waals surface area (Å²) in [5, 5.41) is 7.24. The summed E-state index contributed by atoms with van der Waals surface area (Å²) in [6.45, 7) is 9.15. The van der Waals surface area contributed by atoms with Gasteiger partial charge < -0.3 is 24.8 Å². The van der Waals surface area contributed by atoms with Crippen molar-refractivity contribution in [3.63, 3.8) is 0 Å². The SMILES string of the molecule is CCNC(=NCCCCOCC)NCCc1cc(Cl)c2c(c1)OCCO2.I. The summed E-state index contributed by atoms with van der Waals surface area (Å²) < 4.78 is 16.5. The number of ether oxygens (including phenoxy) is 3. The highest BCUT2D eigenvalue weighted by Gasteiger charge is 2.16. The zero-order valence-electron chi connectivity index (χ0n) is 16.2. The molecule has 6 nitrogen and oxygen atoms in total. The standard InChI is InChI=1S/C19H30ClN3O3.HI/c1-3-21-19(22-8-5-6-10-24-4-2)23-9-7-15-13-16(20)18-17(14-15)25-11-12-26-18;/h13-14H,3-12H2,1-2H3,(H2,21,22,23);1H. The van der Waals surface area contributed by atoms with Crippen molar-refractivity contribution < 1.29 is 14.2 Å². The predicted octanol–water partition coefficient (Wildman–Crippen LogP) is 3.64. The molecule has 0 aliphatic carbocycles. The first-order valence-electron chi connectivity index (χ1n) is 9.42. The molecule has 0 spiro atoms. The Labute approximate surface area is 184 Å². The third-order valence-corrected chi connectivity index (χ3v) is 4.16. The van der Waals surface area contributed by atoms with Gasteiger partial charge in [0.2, 0.25) is 0 Å². The molecule has 1 aliphatic heterocycles. The first-order valence-corrected chi connectivity index (χ1v) is 9.80. The van der Waals surface area contributed by atoms with Crippen molar-refractivity contribution >= 4 is 41.5 Å². The summed E-state index contributed by atoms with van der Waals surface area (Å²) in [5.74, 6) is 2.22. The maximum absolute atomic E-state index is 6.29. The van der Waals surface area contributed by atoms with E-state index in [4.69, 9.17) is 25.8 Å². The predicted molar refractivity (Wildman–Crippen MR) is 121 cm³/mol. The molecule has 2 rings (SSSR count). The molecule has 1 aromatic rings. The van der Waals surface area contributed by atoms with Gasteiger partial charge in [0.15, 0.2) is 17.5 Å². The molecule has 0 unspecified atom stereocenters. The topological polar surface area (TPSA) is 64.1 Å². The Hall–Kier alpha value is -0.930. The Balaban J connectivity index is 0.00000364. The fourth-order valence-electron chi connectivity index (χ4n) is 2.63. The van der Waals surface area contributed by atoms with Crippen molar-refractivity contribution in [3.8, 4) is 11.5 Å². The van der Waals surface area contributed by atoms with Gasteiger partial charge in [-0.15, -0.1) is 24.0 Å². The lowest BCUT2D eigenvalue weighted by atomic mass is 10.1. The molecular weight excluding hydrogens is 481 g/mol. The van der Waals surface area contributed by atoms with Crippen molar-refractivity contribution in [3.05, 3.63) is 22.7 Å². The van der Waals surface area contributed by atoms with Crippen LogP contribution in [0.2, 0.25) is 5.02 Å². The minimum Gasteiger partial charge on any atom is -0.486 e. The van der Waals surface area contributed by atoms with E-state index in [1.807, 2.05) is 19.1 Å². The van der Waals surface area contributed by atoms with E-state index in [-0.39, 0.29) is 24.0 Å². The van der Waals surface area contributed by atoms with Crippen LogP contribution in [0.3, 0.4) is 0 Å². The number of hydrogen-bond acceptors (Lipinski definition) is 4. The van der Waals surface area contributed by atoms with E-state index in [2.05, 4.69) is 22.5 Å². The van der Waals surface area contributed by atoms with E-state index < -0.39 is 0 Å². The minimum atomic E-state index is 0. The molecule has 1 heterocycles. The van der Waals surface area contributed by atoms with Gasteiger partial charge in [-0.3, -0.25) is 4.99 Å². The van der Waals surface area contributed by atoms with Crippen LogP contribution in [0.5, 0.6) is 11.5 Å². The summed E-state index contributed by atoms with van der Waals surface area (Å²) in [5.41, 5.74) is 1.11. The zero-order chi connectivity index (χ0) is 18.6. The smallest absolute Gasteiger partial charge is 0.191 e. The van der Waals surface area contributed by atoms with Gasteiger partial charge >= 0.3 is 0 Å². The van der Waals surface area contributed by atoms with Gasteiger partial charge in [0.1, 0.15) is 13.2 Å². The van der Waals surface area contributed by atoms with Crippen molar-refractivity contribution in [2.45, 2.75) is 33.1 Å². The molecule has 0 bridgehead atoms. The van der Waals surface area contributed by atoms with Crippen molar-refractivity contribution in [2.24, 2.45) is 4.99 Å². The lowest BCUT2D eigenvalue weighted by Gasteiger charge is -2.20. The lowest BCUT2D eigenvalue weighted by Crippen LogP contribution is -2.38. The van der Waals surface area contributed by atoms with Crippen LogP contribution in [0.15, 0.2) is 17.1 Å². The number of aliphatic imine (C=N–C) groups is 1. The van der Waals surface area contributed by atoms with Crippen molar-refractivity contribution in [2.75, 3.05) is 46.1 Å². The van der Waals surface area contributed by atoms with Gasteiger partial charge in [-0.1, -0.05) is 11.6 Å². The normalized spacial score (nSPS) is 13.1. The van der Waals surface area contributed by atoms with Crippen molar-refractivity contribution in [1.29, 1.82) is 0 Å². The average Bonchev–Trinajstić information content (AvgIpc) is 2.64. The summed E-state index contributed by atoms with van der Waals surface area (Å²) in [6.07, 6.45) is 2.88. The van der Waals surface area contributed by atoms with E-state index in [1.54, 1.807) is 0 Å². The zero-order valence-corrected chi connectivity index (χ0v) is 19.3. The summed E-state index contributed by atoms with van der Waals surface area (Å²) >= 11 is 6.29. The number of nitrogens with zero attached hydrogens (tertiary/aromatic N) is 1. The molecule has 1 aromatic carbocycles. The number of guanidine groups is 1. The molecule has 0 fully saturated rings. The van der Waals surface area contributed by atoms with Crippen LogP contribution in [0.25, 0.3) is 0 Å². The molecular formula is C19H31ClIN3O3. The number of benzene rings is 1. The lowest BCUT2D eigenvalue weighted by molar-refractivity contribution is 0.144. The summed E-state index contributed by atoms with van der Waals surface area (Å²) in [6, 6.07) is 3.94. The molecule has 27 heavy (non-hydrogen) atoms. The van der Waals surface area contributed by atoms with Crippen molar-refractivity contribution in [1.82, 2.24) is 10.6 Å². The summed E-state index contributed by atoms with van der Waals surface area (Å²) in [7, 11) is 0. The molecule has 0 radical (unpaired) electrons. The molecule has 2 N–H and O–H groups in total. The van der Waals surface area contributed by atoms with Crippen LogP contribution in [-0.4, -0.2) is 52.0 Å².